The molecular weight excluding hydrogens is 348 g/mol. The van der Waals surface area contributed by atoms with Crippen molar-refractivity contribution in [2.75, 3.05) is 20.8 Å². The molecule has 0 saturated carbocycles. The number of hydrogen-bond donors (Lipinski definition) is 2. The second-order valence-electron chi connectivity index (χ2n) is 4.22. The maximum absolute atomic E-state index is 12.0. The van der Waals surface area contributed by atoms with E-state index >= 15 is 0 Å². The number of rotatable bonds is 6. The number of nitrogens with two attached hydrogens (primary N) is 1. The van der Waals surface area contributed by atoms with Crippen molar-refractivity contribution < 1.29 is 14.3 Å². The Morgan fingerprint density at radius 1 is 1.35 bits per heavy atom. The molecule has 0 aliphatic heterocycles. The summed E-state index contributed by atoms with van der Waals surface area (Å²) >= 11 is 3.36. The highest BCUT2D eigenvalue weighted by Gasteiger charge is 2.14. The van der Waals surface area contributed by atoms with Gasteiger partial charge in [-0.25, -0.2) is 0 Å². The SMILES string of the molecule is COc1cc(C(=O)NCCC(C)N)cc(OC)c1Br.Cl. The zero-order valence-electron chi connectivity index (χ0n) is 11.7. The Morgan fingerprint density at radius 3 is 2.25 bits per heavy atom. The van der Waals surface area contributed by atoms with Crippen LogP contribution in [0.3, 0.4) is 0 Å². The first kappa shape index (κ1) is 19.0. The van der Waals surface area contributed by atoms with Gasteiger partial charge in [0.1, 0.15) is 16.0 Å². The van der Waals surface area contributed by atoms with Crippen molar-refractivity contribution in [1.29, 1.82) is 0 Å². The van der Waals surface area contributed by atoms with Gasteiger partial charge in [0.15, 0.2) is 0 Å². The number of nitrogens with one attached hydrogen (secondary N) is 1. The zero-order valence-corrected chi connectivity index (χ0v) is 14.1. The number of methoxy groups -OCH3 is 2. The van der Waals surface area contributed by atoms with Gasteiger partial charge in [-0.2, -0.15) is 0 Å². The van der Waals surface area contributed by atoms with Crippen LogP contribution in [0.1, 0.15) is 23.7 Å². The molecule has 1 rings (SSSR count). The van der Waals surface area contributed by atoms with Crippen LogP contribution in [0.5, 0.6) is 11.5 Å². The van der Waals surface area contributed by atoms with Gasteiger partial charge >= 0.3 is 0 Å². The van der Waals surface area contributed by atoms with Gasteiger partial charge in [-0.05, 0) is 41.4 Å². The van der Waals surface area contributed by atoms with Gasteiger partial charge in [0.05, 0.1) is 14.2 Å². The molecule has 0 aliphatic carbocycles. The molecule has 20 heavy (non-hydrogen) atoms. The second-order valence-corrected chi connectivity index (χ2v) is 5.01. The van der Waals surface area contributed by atoms with E-state index in [1.807, 2.05) is 6.92 Å². The van der Waals surface area contributed by atoms with Crippen LogP contribution in [0.15, 0.2) is 16.6 Å². The van der Waals surface area contributed by atoms with Crippen molar-refractivity contribution in [3.05, 3.63) is 22.2 Å². The summed E-state index contributed by atoms with van der Waals surface area (Å²) in [6, 6.07) is 3.39. The fourth-order valence-corrected chi connectivity index (χ4v) is 2.07. The molecule has 0 aromatic heterocycles. The van der Waals surface area contributed by atoms with E-state index in [0.717, 1.165) is 6.42 Å². The Labute approximate surface area is 133 Å². The molecule has 7 heteroatoms. The number of halogens is 2. The predicted molar refractivity (Wildman–Crippen MR) is 85.1 cm³/mol. The Kier molecular flexibility index (Phi) is 8.60. The molecule has 0 heterocycles. The lowest BCUT2D eigenvalue weighted by atomic mass is 10.1. The average molecular weight is 368 g/mol. The maximum Gasteiger partial charge on any atom is 0.251 e. The summed E-state index contributed by atoms with van der Waals surface area (Å²) in [5.41, 5.74) is 6.12. The molecule has 114 valence electrons. The zero-order chi connectivity index (χ0) is 14.4. The highest BCUT2D eigenvalue weighted by Crippen LogP contribution is 2.35. The Bertz CT molecular complexity index is 430. The summed E-state index contributed by atoms with van der Waals surface area (Å²) in [7, 11) is 3.08. The first-order chi connectivity index (χ1) is 8.99. The quantitative estimate of drug-likeness (QED) is 0.809. The van der Waals surface area contributed by atoms with E-state index in [-0.39, 0.29) is 24.4 Å². The first-order valence-electron chi connectivity index (χ1n) is 5.95. The molecule has 1 aromatic carbocycles. The third kappa shape index (κ3) is 5.19. The van der Waals surface area contributed by atoms with Crippen LogP contribution in [0.25, 0.3) is 0 Å². The third-order valence-electron chi connectivity index (χ3n) is 2.59. The van der Waals surface area contributed by atoms with Gasteiger partial charge in [-0.1, -0.05) is 0 Å². The topological polar surface area (TPSA) is 73.6 Å². The molecule has 1 atom stereocenters. The summed E-state index contributed by atoms with van der Waals surface area (Å²) in [6.07, 6.45) is 0.733. The van der Waals surface area contributed by atoms with Crippen LogP contribution in [-0.2, 0) is 0 Å². The molecule has 0 aliphatic rings. The van der Waals surface area contributed by atoms with Gasteiger partial charge in [-0.15, -0.1) is 12.4 Å². The first-order valence-corrected chi connectivity index (χ1v) is 6.74. The lowest BCUT2D eigenvalue weighted by molar-refractivity contribution is 0.0952. The van der Waals surface area contributed by atoms with Crippen LogP contribution < -0.4 is 20.5 Å². The van der Waals surface area contributed by atoms with E-state index in [4.69, 9.17) is 15.2 Å². The Morgan fingerprint density at radius 2 is 1.85 bits per heavy atom. The van der Waals surface area contributed by atoms with E-state index in [0.29, 0.717) is 28.1 Å². The summed E-state index contributed by atoms with van der Waals surface area (Å²) in [5.74, 6) is 0.929. The van der Waals surface area contributed by atoms with Crippen LogP contribution in [0, 0.1) is 0 Å². The summed E-state index contributed by atoms with van der Waals surface area (Å²) < 4.78 is 11.1. The van der Waals surface area contributed by atoms with E-state index < -0.39 is 0 Å². The smallest absolute Gasteiger partial charge is 0.251 e. The second kappa shape index (κ2) is 9.05. The van der Waals surface area contributed by atoms with Crippen LogP contribution in [0.4, 0.5) is 0 Å². The van der Waals surface area contributed by atoms with Crippen LogP contribution in [0.2, 0.25) is 0 Å². The summed E-state index contributed by atoms with van der Waals surface area (Å²) in [6.45, 7) is 2.44. The van der Waals surface area contributed by atoms with E-state index in [1.165, 1.54) is 14.2 Å². The normalized spacial score (nSPS) is 11.2. The molecule has 0 bridgehead atoms. The minimum Gasteiger partial charge on any atom is -0.495 e. The summed E-state index contributed by atoms with van der Waals surface area (Å²) in [4.78, 5) is 12.0. The van der Waals surface area contributed by atoms with Crippen LogP contribution >= 0.6 is 28.3 Å². The van der Waals surface area contributed by atoms with Crippen molar-refractivity contribution >= 4 is 34.2 Å². The number of carbonyl (C=O) groups is 1. The molecule has 1 unspecified atom stereocenters. The molecule has 1 aromatic rings. The molecule has 0 spiro atoms. The van der Waals surface area contributed by atoms with Gasteiger partial charge in [0.2, 0.25) is 0 Å². The van der Waals surface area contributed by atoms with E-state index in [9.17, 15) is 4.79 Å². The van der Waals surface area contributed by atoms with Crippen molar-refractivity contribution in [3.8, 4) is 11.5 Å². The van der Waals surface area contributed by atoms with E-state index in [2.05, 4.69) is 21.2 Å². The number of carbonyl (C=O) groups excluding carboxylic acids is 1. The highest BCUT2D eigenvalue weighted by atomic mass is 79.9. The molecular formula is C13H20BrClN2O3. The molecule has 1 amide bonds. The lowest BCUT2D eigenvalue weighted by Gasteiger charge is -2.12. The molecule has 0 fully saturated rings. The minimum atomic E-state index is -0.176. The highest BCUT2D eigenvalue weighted by molar-refractivity contribution is 9.10. The Hall–Kier alpha value is -0.980. The number of benzene rings is 1. The molecule has 5 nitrogen and oxygen atoms in total. The largest absolute Gasteiger partial charge is 0.495 e. The minimum absolute atomic E-state index is 0. The summed E-state index contributed by atoms with van der Waals surface area (Å²) in [5, 5.41) is 2.81. The van der Waals surface area contributed by atoms with Crippen molar-refractivity contribution in [1.82, 2.24) is 5.32 Å². The number of hydrogen-bond acceptors (Lipinski definition) is 4. The Balaban J connectivity index is 0.00000361. The standard InChI is InChI=1S/C13H19BrN2O3.ClH/c1-8(15)4-5-16-13(17)9-6-10(18-2)12(14)11(7-9)19-3;/h6-8H,4-5,15H2,1-3H3,(H,16,17);1H. The maximum atomic E-state index is 12.0. The predicted octanol–water partition coefficient (Wildman–Crippen LogP) is 2.36. The monoisotopic (exact) mass is 366 g/mol. The molecule has 0 radical (unpaired) electrons. The number of ether oxygens (including phenoxy) is 2. The average Bonchev–Trinajstić information content (AvgIpc) is 2.38. The molecule has 0 saturated heterocycles. The van der Waals surface area contributed by atoms with Crippen LogP contribution in [-0.4, -0.2) is 32.7 Å². The fraction of sp³-hybridized carbons (Fsp3) is 0.462. The van der Waals surface area contributed by atoms with E-state index in [1.54, 1.807) is 12.1 Å². The lowest BCUT2D eigenvalue weighted by Crippen LogP contribution is -2.29. The van der Waals surface area contributed by atoms with Gasteiger partial charge < -0.3 is 20.5 Å². The van der Waals surface area contributed by atoms with Crippen molar-refractivity contribution in [2.24, 2.45) is 5.73 Å². The van der Waals surface area contributed by atoms with Gasteiger partial charge in [0.25, 0.3) is 5.91 Å². The fourth-order valence-electron chi connectivity index (χ4n) is 1.52. The van der Waals surface area contributed by atoms with Gasteiger partial charge in [-0.3, -0.25) is 4.79 Å². The number of amides is 1. The van der Waals surface area contributed by atoms with Gasteiger partial charge in [0, 0.05) is 18.2 Å². The van der Waals surface area contributed by atoms with Crippen molar-refractivity contribution in [3.63, 3.8) is 0 Å². The third-order valence-corrected chi connectivity index (χ3v) is 3.37. The molecule has 3 N–H and O–H groups in total. The van der Waals surface area contributed by atoms with Crippen molar-refractivity contribution in [2.45, 2.75) is 19.4 Å².